The Kier molecular flexibility index (Phi) is 7.18. The summed E-state index contributed by atoms with van der Waals surface area (Å²) >= 11 is 0. The Labute approximate surface area is 144 Å². The number of nitrogens with zero attached hydrogens (tertiary/aromatic N) is 3. The summed E-state index contributed by atoms with van der Waals surface area (Å²) in [5, 5.41) is 3.37. The van der Waals surface area contributed by atoms with Gasteiger partial charge in [-0.25, -0.2) is 9.78 Å². The predicted octanol–water partition coefficient (Wildman–Crippen LogP) is 2.59. The van der Waals surface area contributed by atoms with E-state index in [1.807, 2.05) is 0 Å². The largest absolute Gasteiger partial charge is 0.466 e. The zero-order valence-corrected chi connectivity index (χ0v) is 14.9. The number of carbonyl (C=O) groups is 1. The number of hydrogen-bond donors (Lipinski definition) is 1. The molecule has 6 nitrogen and oxygen atoms in total. The van der Waals surface area contributed by atoms with Gasteiger partial charge in [0.25, 0.3) is 0 Å². The van der Waals surface area contributed by atoms with E-state index in [2.05, 4.69) is 38.9 Å². The van der Waals surface area contributed by atoms with Crippen LogP contribution in [0.1, 0.15) is 38.3 Å². The fourth-order valence-electron chi connectivity index (χ4n) is 3.19. The summed E-state index contributed by atoms with van der Waals surface area (Å²) < 4.78 is 4.54. The number of ether oxygens (including phenoxy) is 1. The van der Waals surface area contributed by atoms with E-state index >= 15 is 0 Å². The topological polar surface area (TPSA) is 67.3 Å². The van der Waals surface area contributed by atoms with Crippen molar-refractivity contribution in [2.45, 2.75) is 38.6 Å². The van der Waals surface area contributed by atoms with Gasteiger partial charge in [-0.1, -0.05) is 12.8 Å². The number of aromatic nitrogens is 2. The molecule has 0 radical (unpaired) electrons. The van der Waals surface area contributed by atoms with Gasteiger partial charge < -0.3 is 15.0 Å². The zero-order valence-electron chi connectivity index (χ0n) is 14.9. The summed E-state index contributed by atoms with van der Waals surface area (Å²) in [5.74, 6) is 1.20. The number of carbonyl (C=O) groups excluding carboxylic acids is 1. The van der Waals surface area contributed by atoms with Crippen molar-refractivity contribution < 1.29 is 9.53 Å². The van der Waals surface area contributed by atoms with Crippen molar-refractivity contribution in [3.8, 4) is 0 Å². The molecule has 0 aliphatic heterocycles. The summed E-state index contributed by atoms with van der Waals surface area (Å²) in [6.45, 7) is 4.30. The van der Waals surface area contributed by atoms with Crippen LogP contribution in [0, 0.1) is 5.92 Å². The fraction of sp³-hybridized carbons (Fsp3) is 0.611. The molecule has 1 aromatic heterocycles. The van der Waals surface area contributed by atoms with Crippen molar-refractivity contribution in [2.75, 3.05) is 32.6 Å². The number of rotatable bonds is 8. The molecular weight excluding hydrogens is 304 g/mol. The Hall–Kier alpha value is -1.95. The number of anilines is 1. The maximum atomic E-state index is 11.0. The van der Waals surface area contributed by atoms with E-state index < -0.39 is 5.97 Å². The Morgan fingerprint density at radius 2 is 2.17 bits per heavy atom. The van der Waals surface area contributed by atoms with Crippen molar-refractivity contribution in [1.82, 2.24) is 14.9 Å². The van der Waals surface area contributed by atoms with Crippen molar-refractivity contribution >= 4 is 17.9 Å². The highest BCUT2D eigenvalue weighted by atomic mass is 16.5. The number of likely N-dealkylation sites (N-methyl/N-ethyl adjacent to an activating group) is 1. The van der Waals surface area contributed by atoms with E-state index in [1.54, 1.807) is 18.5 Å². The van der Waals surface area contributed by atoms with Crippen LogP contribution < -0.4 is 5.32 Å². The Balaban J connectivity index is 1.77. The van der Waals surface area contributed by atoms with E-state index in [9.17, 15) is 4.79 Å². The lowest BCUT2D eigenvalue weighted by Gasteiger charge is -2.25. The van der Waals surface area contributed by atoms with Gasteiger partial charge >= 0.3 is 5.97 Å². The number of nitrogens with one attached hydrogen (secondary N) is 1. The van der Waals surface area contributed by atoms with Crippen LogP contribution in [0.15, 0.2) is 18.5 Å². The smallest absolute Gasteiger partial charge is 0.330 e. The van der Waals surface area contributed by atoms with Crippen molar-refractivity contribution in [3.05, 3.63) is 24.2 Å². The molecular formula is C18H28N4O2. The van der Waals surface area contributed by atoms with Crippen LogP contribution in [0.3, 0.4) is 0 Å². The lowest BCUT2D eigenvalue weighted by atomic mass is 10.1. The Morgan fingerprint density at radius 1 is 1.42 bits per heavy atom. The first-order chi connectivity index (χ1) is 11.6. The van der Waals surface area contributed by atoms with E-state index in [-0.39, 0.29) is 0 Å². The molecule has 1 aliphatic carbocycles. The monoisotopic (exact) mass is 332 g/mol. The molecule has 0 unspecified atom stereocenters. The van der Waals surface area contributed by atoms with Gasteiger partial charge in [0.15, 0.2) is 0 Å². The van der Waals surface area contributed by atoms with Gasteiger partial charge in [0.1, 0.15) is 5.82 Å². The summed E-state index contributed by atoms with van der Waals surface area (Å²) in [6.07, 6.45) is 11.8. The van der Waals surface area contributed by atoms with Gasteiger partial charge in [-0.2, -0.15) is 0 Å². The molecule has 1 aromatic rings. The standard InChI is InChI=1S/C18H28N4O2/c1-14(12-22(2)13-15-6-4-5-7-15)21-17-11-19-16(10-20-17)8-9-18(23)24-3/h8-11,14-15H,4-7,12-13H2,1-3H3,(H,20,21)/b9-8+/t14-/m1/s1. The van der Waals surface area contributed by atoms with Crippen LogP contribution in [0.4, 0.5) is 5.82 Å². The molecule has 1 atom stereocenters. The highest BCUT2D eigenvalue weighted by Crippen LogP contribution is 2.25. The van der Waals surface area contributed by atoms with Crippen LogP contribution >= 0.6 is 0 Å². The highest BCUT2D eigenvalue weighted by molar-refractivity contribution is 5.86. The lowest BCUT2D eigenvalue weighted by molar-refractivity contribution is -0.134. The van der Waals surface area contributed by atoms with E-state index in [4.69, 9.17) is 0 Å². The molecule has 1 saturated carbocycles. The second-order valence-electron chi connectivity index (χ2n) is 6.60. The molecule has 2 rings (SSSR count). The Morgan fingerprint density at radius 3 is 2.79 bits per heavy atom. The molecule has 0 spiro atoms. The number of methoxy groups -OCH3 is 1. The van der Waals surface area contributed by atoms with Gasteiger partial charge in [0.05, 0.1) is 25.2 Å². The fourth-order valence-corrected chi connectivity index (χ4v) is 3.19. The summed E-state index contributed by atoms with van der Waals surface area (Å²) in [7, 11) is 3.53. The van der Waals surface area contributed by atoms with E-state index in [1.165, 1.54) is 45.4 Å². The molecule has 1 aliphatic rings. The van der Waals surface area contributed by atoms with Crippen LogP contribution in [0.2, 0.25) is 0 Å². The SMILES string of the molecule is COC(=O)/C=C/c1cnc(N[C@H](C)CN(C)CC2CCCC2)cn1. The first-order valence-corrected chi connectivity index (χ1v) is 8.60. The molecule has 0 saturated heterocycles. The van der Waals surface area contributed by atoms with Crippen LogP contribution in [0.25, 0.3) is 6.08 Å². The Bertz CT molecular complexity index is 538. The minimum absolute atomic E-state index is 0.294. The van der Waals surface area contributed by atoms with Gasteiger partial charge in [-0.05, 0) is 38.8 Å². The summed E-state index contributed by atoms with van der Waals surface area (Å²) in [5.41, 5.74) is 0.622. The van der Waals surface area contributed by atoms with Gasteiger partial charge in [-0.3, -0.25) is 4.98 Å². The second-order valence-corrected chi connectivity index (χ2v) is 6.60. The predicted molar refractivity (Wildman–Crippen MR) is 95.6 cm³/mol. The molecule has 0 bridgehead atoms. The average molecular weight is 332 g/mol. The summed E-state index contributed by atoms with van der Waals surface area (Å²) in [6, 6.07) is 0.294. The normalized spacial score (nSPS) is 16.7. The second kappa shape index (κ2) is 9.37. The molecule has 132 valence electrons. The maximum Gasteiger partial charge on any atom is 0.330 e. The summed E-state index contributed by atoms with van der Waals surface area (Å²) in [4.78, 5) is 22.1. The molecule has 1 heterocycles. The first-order valence-electron chi connectivity index (χ1n) is 8.60. The number of esters is 1. The third kappa shape index (κ3) is 6.28. The van der Waals surface area contributed by atoms with E-state index in [0.29, 0.717) is 11.7 Å². The quantitative estimate of drug-likeness (QED) is 0.583. The van der Waals surface area contributed by atoms with Crippen LogP contribution in [-0.4, -0.2) is 54.1 Å². The third-order valence-electron chi connectivity index (χ3n) is 4.29. The third-order valence-corrected chi connectivity index (χ3v) is 4.29. The number of hydrogen-bond acceptors (Lipinski definition) is 6. The molecule has 0 aromatic carbocycles. The molecule has 24 heavy (non-hydrogen) atoms. The molecule has 0 amide bonds. The van der Waals surface area contributed by atoms with Crippen LogP contribution in [0.5, 0.6) is 0 Å². The molecule has 6 heteroatoms. The molecule has 1 fully saturated rings. The van der Waals surface area contributed by atoms with Crippen molar-refractivity contribution in [2.24, 2.45) is 5.92 Å². The minimum atomic E-state index is -0.405. The van der Waals surface area contributed by atoms with Crippen molar-refractivity contribution in [1.29, 1.82) is 0 Å². The maximum absolute atomic E-state index is 11.0. The minimum Gasteiger partial charge on any atom is -0.466 e. The highest BCUT2D eigenvalue weighted by Gasteiger charge is 2.17. The van der Waals surface area contributed by atoms with Crippen molar-refractivity contribution in [3.63, 3.8) is 0 Å². The first kappa shape index (κ1) is 18.4. The van der Waals surface area contributed by atoms with E-state index in [0.717, 1.165) is 18.3 Å². The zero-order chi connectivity index (χ0) is 17.4. The van der Waals surface area contributed by atoms with Gasteiger partial charge in [0, 0.05) is 25.2 Å². The molecule has 1 N–H and O–H groups in total. The van der Waals surface area contributed by atoms with Gasteiger partial charge in [-0.15, -0.1) is 0 Å². The average Bonchev–Trinajstić information content (AvgIpc) is 3.06. The van der Waals surface area contributed by atoms with Crippen LogP contribution in [-0.2, 0) is 9.53 Å². The van der Waals surface area contributed by atoms with Gasteiger partial charge in [0.2, 0.25) is 0 Å². The lowest BCUT2D eigenvalue weighted by Crippen LogP contribution is -2.35.